The van der Waals surface area contributed by atoms with Gasteiger partial charge in [-0.3, -0.25) is 4.18 Å². The summed E-state index contributed by atoms with van der Waals surface area (Å²) in [7, 11) is -4.11. The summed E-state index contributed by atoms with van der Waals surface area (Å²) in [6.07, 6.45) is -3.75. The average molecular weight is 419 g/mol. The van der Waals surface area contributed by atoms with Crippen molar-refractivity contribution in [2.75, 3.05) is 6.61 Å². The van der Waals surface area contributed by atoms with Crippen molar-refractivity contribution in [3.05, 3.63) is 72.1 Å². The molecule has 0 radical (unpaired) electrons. The highest BCUT2D eigenvalue weighted by Crippen LogP contribution is 2.19. The van der Waals surface area contributed by atoms with E-state index in [1.807, 2.05) is 13.0 Å². The third-order valence-corrected chi connectivity index (χ3v) is 5.52. The van der Waals surface area contributed by atoms with Gasteiger partial charge in [0.1, 0.15) is 24.0 Å². The molecule has 0 amide bonds. The van der Waals surface area contributed by atoms with Crippen LogP contribution in [0.15, 0.2) is 65.7 Å². The first-order valence-corrected chi connectivity index (χ1v) is 10.2. The number of benzene rings is 2. The van der Waals surface area contributed by atoms with Gasteiger partial charge in [-0.05, 0) is 31.2 Å². The molecule has 3 rings (SSSR count). The highest BCUT2D eigenvalue weighted by molar-refractivity contribution is 7.86. The molecular weight excluding hydrogens is 398 g/mol. The normalized spacial score (nSPS) is 15.0. The first-order valence-electron chi connectivity index (χ1n) is 8.76. The molecule has 29 heavy (non-hydrogen) atoms. The van der Waals surface area contributed by atoms with Gasteiger partial charge in [-0.1, -0.05) is 35.9 Å². The molecule has 0 aliphatic carbocycles. The summed E-state index contributed by atoms with van der Waals surface area (Å²) < 4.78 is 29.1. The predicted octanol–water partition coefficient (Wildman–Crippen LogP) is 0.736. The van der Waals surface area contributed by atoms with Crippen molar-refractivity contribution in [3.63, 3.8) is 0 Å². The van der Waals surface area contributed by atoms with E-state index in [9.17, 15) is 23.7 Å². The number of rotatable bonds is 8. The summed E-state index contributed by atoms with van der Waals surface area (Å²) in [5.41, 5.74) is 1.54. The van der Waals surface area contributed by atoms with Crippen LogP contribution < -0.4 is 0 Å². The molecule has 3 unspecified atom stereocenters. The van der Waals surface area contributed by atoms with E-state index in [1.165, 1.54) is 23.1 Å². The summed E-state index contributed by atoms with van der Waals surface area (Å²) in [5, 5.41) is 38.6. The number of hydrogen-bond donors (Lipinski definition) is 3. The molecule has 0 saturated carbocycles. The molecule has 10 heteroatoms. The Balaban J connectivity index is 1.63. The summed E-state index contributed by atoms with van der Waals surface area (Å²) in [6, 6.07) is 14.9. The Labute approximate surface area is 167 Å². The summed E-state index contributed by atoms with van der Waals surface area (Å²) in [6.45, 7) is 1.08. The van der Waals surface area contributed by atoms with Crippen molar-refractivity contribution >= 4 is 10.1 Å². The van der Waals surface area contributed by atoms with Crippen molar-refractivity contribution in [2.45, 2.75) is 30.1 Å². The van der Waals surface area contributed by atoms with Gasteiger partial charge in [0.2, 0.25) is 0 Å². The SMILES string of the molecule is Cc1ccc(S(=O)(=O)OCC(O)C(O)C(O)c2cnn(-c3ccccc3)n2)cc1. The molecule has 2 aromatic carbocycles. The molecule has 3 atom stereocenters. The lowest BCUT2D eigenvalue weighted by Crippen LogP contribution is -2.36. The fraction of sp³-hybridized carbons (Fsp3) is 0.263. The van der Waals surface area contributed by atoms with Crippen LogP contribution >= 0.6 is 0 Å². The monoisotopic (exact) mass is 419 g/mol. The van der Waals surface area contributed by atoms with Gasteiger partial charge < -0.3 is 15.3 Å². The van der Waals surface area contributed by atoms with E-state index in [-0.39, 0.29) is 10.6 Å². The van der Waals surface area contributed by atoms with Crippen LogP contribution in [-0.2, 0) is 14.3 Å². The minimum absolute atomic E-state index is 0.0156. The lowest BCUT2D eigenvalue weighted by atomic mass is 10.1. The summed E-state index contributed by atoms with van der Waals surface area (Å²) in [4.78, 5) is 1.19. The van der Waals surface area contributed by atoms with E-state index in [0.29, 0.717) is 5.69 Å². The molecule has 1 aromatic heterocycles. The number of aryl methyl sites for hydroxylation is 1. The predicted molar refractivity (Wildman–Crippen MR) is 103 cm³/mol. The zero-order valence-electron chi connectivity index (χ0n) is 15.5. The van der Waals surface area contributed by atoms with Crippen LogP contribution in [0.5, 0.6) is 0 Å². The topological polar surface area (TPSA) is 135 Å². The molecular formula is C19H21N3O6S. The Kier molecular flexibility index (Phi) is 6.40. The quantitative estimate of drug-likeness (QED) is 0.455. The molecule has 3 N–H and O–H groups in total. The molecule has 3 aromatic rings. The van der Waals surface area contributed by atoms with E-state index in [4.69, 9.17) is 4.18 Å². The highest BCUT2D eigenvalue weighted by Gasteiger charge is 2.30. The Hall–Kier alpha value is -2.63. The van der Waals surface area contributed by atoms with Gasteiger partial charge >= 0.3 is 0 Å². The molecule has 1 heterocycles. The van der Waals surface area contributed by atoms with Crippen LogP contribution in [0.4, 0.5) is 0 Å². The summed E-state index contributed by atoms with van der Waals surface area (Å²) >= 11 is 0. The number of nitrogens with zero attached hydrogens (tertiary/aromatic N) is 3. The lowest BCUT2D eigenvalue weighted by molar-refractivity contribution is -0.0749. The number of aromatic nitrogens is 3. The number of para-hydroxylation sites is 1. The Bertz CT molecular complexity index is 1040. The van der Waals surface area contributed by atoms with Crippen molar-refractivity contribution in [2.24, 2.45) is 0 Å². The van der Waals surface area contributed by atoms with Crippen molar-refractivity contribution in [3.8, 4) is 5.69 Å². The maximum atomic E-state index is 12.2. The molecule has 0 fully saturated rings. The van der Waals surface area contributed by atoms with E-state index in [2.05, 4.69) is 10.2 Å². The average Bonchev–Trinajstić information content (AvgIpc) is 3.22. The van der Waals surface area contributed by atoms with Gasteiger partial charge in [0.05, 0.1) is 23.4 Å². The van der Waals surface area contributed by atoms with Crippen molar-refractivity contribution in [1.82, 2.24) is 15.0 Å². The second-order valence-electron chi connectivity index (χ2n) is 6.45. The molecule has 9 nitrogen and oxygen atoms in total. The number of aliphatic hydroxyl groups is 3. The second-order valence-corrected chi connectivity index (χ2v) is 8.06. The van der Waals surface area contributed by atoms with Crippen LogP contribution in [0.2, 0.25) is 0 Å². The first-order chi connectivity index (χ1) is 13.8. The number of aliphatic hydroxyl groups excluding tert-OH is 3. The molecule has 0 spiro atoms. The Morgan fingerprint density at radius 2 is 1.69 bits per heavy atom. The van der Waals surface area contributed by atoms with Crippen LogP contribution in [0.25, 0.3) is 5.69 Å². The fourth-order valence-electron chi connectivity index (χ4n) is 2.51. The van der Waals surface area contributed by atoms with E-state index < -0.39 is 35.0 Å². The van der Waals surface area contributed by atoms with Crippen LogP contribution in [0.3, 0.4) is 0 Å². The Morgan fingerprint density at radius 1 is 1.03 bits per heavy atom. The minimum Gasteiger partial charge on any atom is -0.388 e. The van der Waals surface area contributed by atoms with Gasteiger partial charge in [0, 0.05) is 0 Å². The van der Waals surface area contributed by atoms with Gasteiger partial charge in [-0.25, -0.2) is 0 Å². The van der Waals surface area contributed by atoms with Gasteiger partial charge in [-0.15, -0.1) is 0 Å². The standard InChI is InChI=1S/C19H21N3O6S/c1-13-7-9-15(10-8-13)29(26,27)28-12-17(23)19(25)18(24)16-11-20-22(21-16)14-5-3-2-4-6-14/h2-11,17-19,23-25H,12H2,1H3. The van der Waals surface area contributed by atoms with Gasteiger partial charge in [0.15, 0.2) is 0 Å². The highest BCUT2D eigenvalue weighted by atomic mass is 32.2. The lowest BCUT2D eigenvalue weighted by Gasteiger charge is -2.21. The van der Waals surface area contributed by atoms with Crippen LogP contribution in [0.1, 0.15) is 17.4 Å². The van der Waals surface area contributed by atoms with E-state index >= 15 is 0 Å². The van der Waals surface area contributed by atoms with Gasteiger partial charge in [0.25, 0.3) is 10.1 Å². The smallest absolute Gasteiger partial charge is 0.297 e. The van der Waals surface area contributed by atoms with Crippen molar-refractivity contribution < 1.29 is 27.9 Å². The molecule has 0 bridgehead atoms. The van der Waals surface area contributed by atoms with E-state index in [1.54, 1.807) is 36.4 Å². The van der Waals surface area contributed by atoms with Crippen molar-refractivity contribution in [1.29, 1.82) is 0 Å². The maximum Gasteiger partial charge on any atom is 0.297 e. The fourth-order valence-corrected chi connectivity index (χ4v) is 3.44. The van der Waals surface area contributed by atoms with Gasteiger partial charge in [-0.2, -0.15) is 23.4 Å². The minimum atomic E-state index is -4.11. The molecule has 0 aliphatic rings. The van der Waals surface area contributed by atoms with E-state index in [0.717, 1.165) is 5.56 Å². The molecule has 0 aliphatic heterocycles. The van der Waals surface area contributed by atoms with Crippen LogP contribution in [-0.4, -0.2) is 57.5 Å². The molecule has 154 valence electrons. The number of hydrogen-bond acceptors (Lipinski definition) is 8. The third-order valence-electron chi connectivity index (χ3n) is 4.22. The largest absolute Gasteiger partial charge is 0.388 e. The second kappa shape index (κ2) is 8.80. The Morgan fingerprint density at radius 3 is 2.34 bits per heavy atom. The third kappa shape index (κ3) is 5.05. The zero-order chi connectivity index (χ0) is 21.0. The zero-order valence-corrected chi connectivity index (χ0v) is 16.3. The van der Waals surface area contributed by atoms with Crippen LogP contribution in [0, 0.1) is 6.92 Å². The summed E-state index contributed by atoms with van der Waals surface area (Å²) in [5.74, 6) is 0. The molecule has 0 saturated heterocycles. The maximum absolute atomic E-state index is 12.2. The first kappa shape index (κ1) is 21.1.